The standard InChI is InChI=1S/C38H34O16/c1-2-51-37(49)30(16-19-4-9-23(40)27(44)14-19)52-31(46)12-7-20-5-11-25(42)35-32(20)33(34(54-35)21-6-10-24(41)28(45)17-21)38(50)53-29(36(47)48)15-18-3-8-22(39)26(43)13-18/h3-14,17,29-30,33-34,39-45H,2,15-16H2,1H3,(H,47,48)/b12-7+/t29-,30-,33+,34-/m1/s1. The van der Waals surface area contributed by atoms with Crippen molar-refractivity contribution in [2.45, 2.75) is 44.0 Å². The summed E-state index contributed by atoms with van der Waals surface area (Å²) in [5, 5.41) is 79.9. The summed E-state index contributed by atoms with van der Waals surface area (Å²) in [6, 6.07) is 13.3. The molecular formula is C38H34O16. The number of phenolic OH excluding ortho intramolecular Hbond substituents is 7. The van der Waals surface area contributed by atoms with Crippen molar-refractivity contribution in [3.63, 3.8) is 0 Å². The van der Waals surface area contributed by atoms with Crippen molar-refractivity contribution in [1.29, 1.82) is 0 Å². The Hall–Kier alpha value is -7.10. The number of hydrogen-bond donors (Lipinski definition) is 8. The Morgan fingerprint density at radius 3 is 1.81 bits per heavy atom. The average molecular weight is 747 g/mol. The summed E-state index contributed by atoms with van der Waals surface area (Å²) in [4.78, 5) is 52.1. The molecule has 4 aromatic rings. The Kier molecular flexibility index (Phi) is 11.3. The van der Waals surface area contributed by atoms with E-state index in [1.54, 1.807) is 6.92 Å². The zero-order valence-electron chi connectivity index (χ0n) is 28.3. The molecule has 0 unspecified atom stereocenters. The minimum atomic E-state index is -1.83. The molecule has 0 saturated heterocycles. The second-order valence-electron chi connectivity index (χ2n) is 12.0. The van der Waals surface area contributed by atoms with Crippen molar-refractivity contribution in [2.24, 2.45) is 0 Å². The highest BCUT2D eigenvalue weighted by molar-refractivity contribution is 5.92. The van der Waals surface area contributed by atoms with Crippen LogP contribution in [0.15, 0.2) is 72.8 Å². The minimum absolute atomic E-state index is 0.0409. The highest BCUT2D eigenvalue weighted by atomic mass is 16.6. The number of hydrogen-bond acceptors (Lipinski definition) is 15. The lowest BCUT2D eigenvalue weighted by molar-refractivity contribution is -0.166. The molecule has 0 radical (unpaired) electrons. The first-order chi connectivity index (χ1) is 25.7. The SMILES string of the molecule is CCOC(=O)[C@@H](Cc1ccc(O)c(O)c1)OC(=O)/C=C/c1ccc(O)c2c1[C@H](C(=O)O[C@H](Cc1ccc(O)c(O)c1)C(=O)O)[C@@H](c1ccc(O)c(O)c1)O2. The number of benzene rings is 4. The summed E-state index contributed by atoms with van der Waals surface area (Å²) in [6.07, 6.45) is -3.29. The maximum atomic E-state index is 14.0. The highest BCUT2D eigenvalue weighted by Crippen LogP contribution is 2.53. The van der Waals surface area contributed by atoms with Crippen LogP contribution in [0.1, 0.15) is 46.8 Å². The first-order valence-corrected chi connectivity index (χ1v) is 16.2. The minimum Gasteiger partial charge on any atom is -0.504 e. The first kappa shape index (κ1) is 38.1. The molecule has 0 amide bonds. The molecule has 0 fully saturated rings. The predicted molar refractivity (Wildman–Crippen MR) is 184 cm³/mol. The van der Waals surface area contributed by atoms with Crippen molar-refractivity contribution in [3.8, 4) is 46.0 Å². The van der Waals surface area contributed by atoms with Crippen molar-refractivity contribution in [2.75, 3.05) is 6.61 Å². The molecule has 282 valence electrons. The van der Waals surface area contributed by atoms with Crippen LogP contribution >= 0.6 is 0 Å². The topological polar surface area (TPSA) is 267 Å². The van der Waals surface area contributed by atoms with Crippen molar-refractivity contribution < 1.29 is 79.0 Å². The van der Waals surface area contributed by atoms with Crippen molar-refractivity contribution in [1.82, 2.24) is 0 Å². The van der Waals surface area contributed by atoms with Gasteiger partial charge in [-0.05, 0) is 77.7 Å². The fourth-order valence-corrected chi connectivity index (χ4v) is 5.72. The van der Waals surface area contributed by atoms with E-state index in [1.807, 2.05) is 0 Å². The van der Waals surface area contributed by atoms with E-state index in [4.69, 9.17) is 18.9 Å². The monoisotopic (exact) mass is 746 g/mol. The summed E-state index contributed by atoms with van der Waals surface area (Å²) < 4.78 is 21.9. The number of phenols is 7. The van der Waals surface area contributed by atoms with E-state index in [1.165, 1.54) is 48.5 Å². The van der Waals surface area contributed by atoms with Gasteiger partial charge in [-0.2, -0.15) is 0 Å². The molecule has 0 bridgehead atoms. The third-order valence-electron chi connectivity index (χ3n) is 8.31. The van der Waals surface area contributed by atoms with Gasteiger partial charge in [-0.3, -0.25) is 4.79 Å². The van der Waals surface area contributed by atoms with Crippen LogP contribution in [0, 0.1) is 0 Å². The van der Waals surface area contributed by atoms with Gasteiger partial charge in [0, 0.05) is 24.5 Å². The smallest absolute Gasteiger partial charge is 0.347 e. The van der Waals surface area contributed by atoms with E-state index >= 15 is 0 Å². The quantitative estimate of drug-likeness (QED) is 0.0418. The van der Waals surface area contributed by atoms with Gasteiger partial charge in [0.2, 0.25) is 12.2 Å². The van der Waals surface area contributed by atoms with Gasteiger partial charge in [-0.15, -0.1) is 0 Å². The number of rotatable bonds is 13. The number of carboxylic acids is 1. The number of carbonyl (C=O) groups is 4. The molecule has 0 aliphatic carbocycles. The summed E-state index contributed by atoms with van der Waals surface area (Å²) in [6.45, 7) is 1.50. The molecule has 1 aliphatic heterocycles. The number of carbonyl (C=O) groups excluding carboxylic acids is 3. The number of esters is 3. The highest BCUT2D eigenvalue weighted by Gasteiger charge is 2.46. The molecule has 4 aromatic carbocycles. The molecule has 4 atom stereocenters. The zero-order valence-corrected chi connectivity index (χ0v) is 28.3. The van der Waals surface area contributed by atoms with E-state index in [0.29, 0.717) is 5.56 Å². The number of aliphatic carboxylic acids is 1. The molecule has 16 nitrogen and oxygen atoms in total. The molecule has 54 heavy (non-hydrogen) atoms. The summed E-state index contributed by atoms with van der Waals surface area (Å²) >= 11 is 0. The van der Waals surface area contributed by atoms with Crippen LogP contribution in [0.25, 0.3) is 6.08 Å². The van der Waals surface area contributed by atoms with Crippen LogP contribution in [0.3, 0.4) is 0 Å². The van der Waals surface area contributed by atoms with Gasteiger partial charge in [0.1, 0.15) is 12.0 Å². The van der Waals surface area contributed by atoms with Crippen LogP contribution in [0.2, 0.25) is 0 Å². The molecule has 0 aromatic heterocycles. The van der Waals surface area contributed by atoms with Gasteiger partial charge in [0.05, 0.1) is 6.61 Å². The fraction of sp³-hybridized carbons (Fsp3) is 0.211. The molecule has 8 N–H and O–H groups in total. The van der Waals surface area contributed by atoms with E-state index < -0.39 is 94.8 Å². The lowest BCUT2D eigenvalue weighted by Crippen LogP contribution is -2.33. The molecule has 5 rings (SSSR count). The van der Waals surface area contributed by atoms with E-state index in [2.05, 4.69) is 0 Å². The van der Waals surface area contributed by atoms with E-state index in [-0.39, 0.29) is 41.0 Å². The lowest BCUT2D eigenvalue weighted by atomic mass is 9.87. The van der Waals surface area contributed by atoms with Crippen LogP contribution in [-0.4, -0.2) is 83.5 Å². The molecule has 16 heteroatoms. The van der Waals surface area contributed by atoms with Crippen LogP contribution in [0.4, 0.5) is 0 Å². The average Bonchev–Trinajstić information content (AvgIpc) is 3.54. The zero-order chi connectivity index (χ0) is 39.3. The van der Waals surface area contributed by atoms with Crippen LogP contribution < -0.4 is 4.74 Å². The molecule has 1 heterocycles. The Labute approximate surface area is 305 Å². The Balaban J connectivity index is 1.48. The number of ether oxygens (including phenoxy) is 4. The lowest BCUT2D eigenvalue weighted by Gasteiger charge is -2.22. The third-order valence-corrected chi connectivity index (χ3v) is 8.31. The van der Waals surface area contributed by atoms with Crippen LogP contribution in [-0.2, 0) is 46.2 Å². The fourth-order valence-electron chi connectivity index (χ4n) is 5.72. The number of fused-ring (bicyclic) bond motifs is 1. The number of aromatic hydroxyl groups is 7. The van der Waals surface area contributed by atoms with E-state index in [0.717, 1.165) is 30.3 Å². The summed E-state index contributed by atoms with van der Waals surface area (Å²) in [7, 11) is 0. The third kappa shape index (κ3) is 8.50. The Morgan fingerprint density at radius 1 is 0.704 bits per heavy atom. The van der Waals surface area contributed by atoms with Gasteiger partial charge < -0.3 is 59.8 Å². The second kappa shape index (κ2) is 16.1. The van der Waals surface area contributed by atoms with Gasteiger partial charge in [0.25, 0.3) is 0 Å². The molecular weight excluding hydrogens is 712 g/mol. The second-order valence-corrected chi connectivity index (χ2v) is 12.0. The molecule has 0 saturated carbocycles. The van der Waals surface area contributed by atoms with Gasteiger partial charge in [0.15, 0.2) is 46.0 Å². The largest absolute Gasteiger partial charge is 0.504 e. The van der Waals surface area contributed by atoms with E-state index in [9.17, 15) is 60.0 Å². The summed E-state index contributed by atoms with van der Waals surface area (Å²) in [5.41, 5.74) is 0.637. The maximum Gasteiger partial charge on any atom is 0.347 e. The molecule has 1 aliphatic rings. The van der Waals surface area contributed by atoms with Crippen molar-refractivity contribution in [3.05, 3.63) is 101 Å². The predicted octanol–water partition coefficient (Wildman–Crippen LogP) is 3.81. The van der Waals surface area contributed by atoms with Gasteiger partial charge in [-0.1, -0.05) is 24.3 Å². The Morgan fingerprint density at radius 2 is 1.26 bits per heavy atom. The number of carboxylic acid groups (broad SMARTS) is 1. The first-order valence-electron chi connectivity index (χ1n) is 16.2. The Bertz CT molecular complexity index is 2120. The molecule has 0 spiro atoms. The summed E-state index contributed by atoms with van der Waals surface area (Å²) in [5.74, 6) is -9.90. The van der Waals surface area contributed by atoms with Gasteiger partial charge >= 0.3 is 23.9 Å². The normalized spacial score (nSPS) is 15.8. The van der Waals surface area contributed by atoms with Crippen molar-refractivity contribution >= 4 is 30.0 Å². The maximum absolute atomic E-state index is 14.0. The van der Waals surface area contributed by atoms with Crippen LogP contribution in [0.5, 0.6) is 46.0 Å². The van der Waals surface area contributed by atoms with Gasteiger partial charge in [-0.25, -0.2) is 14.4 Å².